The van der Waals surface area contributed by atoms with E-state index in [2.05, 4.69) is 25.6 Å². The van der Waals surface area contributed by atoms with Crippen molar-refractivity contribution >= 4 is 10.9 Å². The number of H-pyrrole nitrogens is 2. The van der Waals surface area contributed by atoms with Gasteiger partial charge in [0.25, 0.3) is 0 Å². The van der Waals surface area contributed by atoms with Crippen LogP contribution in [-0.2, 0) is 6.42 Å². The van der Waals surface area contributed by atoms with Crippen molar-refractivity contribution in [1.29, 1.82) is 0 Å². The molecule has 0 aliphatic heterocycles. The molecule has 0 aliphatic carbocycles. The first kappa shape index (κ1) is 15.1. The molecule has 0 fully saturated rings. The maximum Gasteiger partial charge on any atom is 0.248 e. The predicted molar refractivity (Wildman–Crippen MR) is 92.3 cm³/mol. The van der Waals surface area contributed by atoms with Crippen molar-refractivity contribution in [2.45, 2.75) is 12.5 Å². The summed E-state index contributed by atoms with van der Waals surface area (Å²) in [5, 5.41) is 15.1. The molecule has 4 aromatic rings. The van der Waals surface area contributed by atoms with Gasteiger partial charge in [0, 0.05) is 23.4 Å². The van der Waals surface area contributed by atoms with E-state index in [1.165, 1.54) is 6.07 Å². The number of aromatic amines is 2. The van der Waals surface area contributed by atoms with Crippen LogP contribution in [0.4, 0.5) is 0 Å². The van der Waals surface area contributed by atoms with E-state index in [0.29, 0.717) is 18.0 Å². The Labute approximate surface area is 142 Å². The number of fused-ring (bicyclic) bond motifs is 1. The fourth-order valence-corrected chi connectivity index (χ4v) is 2.69. The number of hydrogen-bond acceptors (Lipinski definition) is 5. The molecule has 2 aromatic carbocycles. The summed E-state index contributed by atoms with van der Waals surface area (Å²) in [5.41, 5.74) is 1.75. The van der Waals surface area contributed by atoms with E-state index in [1.54, 1.807) is 6.07 Å². The quantitative estimate of drug-likeness (QED) is 0.584. The second-order valence-corrected chi connectivity index (χ2v) is 5.64. The van der Waals surface area contributed by atoms with Crippen LogP contribution in [0.2, 0.25) is 0 Å². The van der Waals surface area contributed by atoms with Gasteiger partial charge < -0.3 is 9.72 Å². The number of pyridine rings is 1. The summed E-state index contributed by atoms with van der Waals surface area (Å²) in [6.07, 6.45) is 0.241. The summed E-state index contributed by atoms with van der Waals surface area (Å²) >= 11 is 0. The Balaban J connectivity index is 1.64. The second-order valence-electron chi connectivity index (χ2n) is 5.64. The van der Waals surface area contributed by atoms with Crippen LogP contribution in [0, 0.1) is 0 Å². The predicted octanol–water partition coefficient (Wildman–Crippen LogP) is 2.40. The van der Waals surface area contributed by atoms with Gasteiger partial charge in [-0.2, -0.15) is 5.21 Å². The van der Waals surface area contributed by atoms with Crippen molar-refractivity contribution in [3.05, 3.63) is 82.4 Å². The van der Waals surface area contributed by atoms with Crippen LogP contribution >= 0.6 is 0 Å². The van der Waals surface area contributed by atoms with Gasteiger partial charge in [0.15, 0.2) is 6.10 Å². The molecule has 4 rings (SSSR count). The van der Waals surface area contributed by atoms with Gasteiger partial charge in [-0.15, -0.1) is 10.2 Å². The van der Waals surface area contributed by atoms with Crippen molar-refractivity contribution in [2.75, 3.05) is 0 Å². The number of nitrogens with zero attached hydrogens (tertiary/aromatic N) is 3. The Morgan fingerprint density at radius 1 is 1.04 bits per heavy atom. The molecule has 0 bridgehead atoms. The van der Waals surface area contributed by atoms with Gasteiger partial charge >= 0.3 is 0 Å². The van der Waals surface area contributed by atoms with Crippen LogP contribution < -0.4 is 10.3 Å². The normalized spacial score (nSPS) is 12.2. The average Bonchev–Trinajstić information content (AvgIpc) is 3.17. The Hall–Kier alpha value is -3.48. The molecule has 2 heterocycles. The van der Waals surface area contributed by atoms with Crippen LogP contribution in [0.3, 0.4) is 0 Å². The maximum atomic E-state index is 11.4. The number of aromatic nitrogens is 5. The van der Waals surface area contributed by atoms with E-state index in [0.717, 1.165) is 16.5 Å². The lowest BCUT2D eigenvalue weighted by molar-refractivity contribution is 0.196. The highest BCUT2D eigenvalue weighted by molar-refractivity contribution is 5.79. The van der Waals surface area contributed by atoms with Gasteiger partial charge in [-0.25, -0.2) is 0 Å². The minimum atomic E-state index is -0.374. The number of tetrazole rings is 1. The number of hydrogen-bond donors (Lipinski definition) is 2. The third kappa shape index (κ3) is 3.40. The van der Waals surface area contributed by atoms with Crippen LogP contribution in [0.5, 0.6) is 5.75 Å². The summed E-state index contributed by atoms with van der Waals surface area (Å²) in [6, 6.07) is 18.8. The Kier molecular flexibility index (Phi) is 3.96. The van der Waals surface area contributed by atoms with Crippen molar-refractivity contribution in [3.63, 3.8) is 0 Å². The first-order chi connectivity index (χ1) is 12.3. The maximum absolute atomic E-state index is 11.4. The van der Waals surface area contributed by atoms with Gasteiger partial charge in [0.05, 0.1) is 0 Å². The SMILES string of the molecule is O=c1ccc2cc(OC(Cc3ccccc3)c3nn[nH]n3)ccc2[nH]1. The smallest absolute Gasteiger partial charge is 0.248 e. The minimum Gasteiger partial charge on any atom is -0.482 e. The summed E-state index contributed by atoms with van der Waals surface area (Å²) < 4.78 is 6.12. The molecule has 0 saturated carbocycles. The summed E-state index contributed by atoms with van der Waals surface area (Å²) in [4.78, 5) is 14.2. The number of ether oxygens (including phenoxy) is 1. The molecule has 2 aromatic heterocycles. The lowest BCUT2D eigenvalue weighted by atomic mass is 10.1. The van der Waals surface area contributed by atoms with E-state index >= 15 is 0 Å². The fourth-order valence-electron chi connectivity index (χ4n) is 2.69. The summed E-state index contributed by atoms with van der Waals surface area (Å²) in [5.74, 6) is 1.16. The molecule has 1 unspecified atom stereocenters. The highest BCUT2D eigenvalue weighted by Gasteiger charge is 2.19. The first-order valence-corrected chi connectivity index (χ1v) is 7.85. The molecule has 0 saturated heterocycles. The number of rotatable bonds is 5. The zero-order valence-electron chi connectivity index (χ0n) is 13.2. The zero-order chi connectivity index (χ0) is 17.1. The zero-order valence-corrected chi connectivity index (χ0v) is 13.2. The van der Waals surface area contributed by atoms with E-state index in [4.69, 9.17) is 4.74 Å². The molecular formula is C18H15N5O2. The van der Waals surface area contributed by atoms with Crippen molar-refractivity contribution in [2.24, 2.45) is 0 Å². The molecule has 0 radical (unpaired) electrons. The molecule has 2 N–H and O–H groups in total. The lowest BCUT2D eigenvalue weighted by Gasteiger charge is -2.16. The van der Waals surface area contributed by atoms with E-state index in [1.807, 2.05) is 48.5 Å². The largest absolute Gasteiger partial charge is 0.482 e. The van der Waals surface area contributed by atoms with E-state index in [-0.39, 0.29) is 11.7 Å². The Morgan fingerprint density at radius 3 is 2.72 bits per heavy atom. The summed E-state index contributed by atoms with van der Waals surface area (Å²) in [6.45, 7) is 0. The lowest BCUT2D eigenvalue weighted by Crippen LogP contribution is -2.13. The Bertz CT molecular complexity index is 1030. The molecule has 0 amide bonds. The van der Waals surface area contributed by atoms with Gasteiger partial charge in [0.2, 0.25) is 11.4 Å². The van der Waals surface area contributed by atoms with Crippen LogP contribution in [0.15, 0.2) is 65.5 Å². The average molecular weight is 333 g/mol. The molecule has 25 heavy (non-hydrogen) atoms. The molecule has 1 atom stereocenters. The third-order valence-corrected chi connectivity index (χ3v) is 3.89. The third-order valence-electron chi connectivity index (χ3n) is 3.89. The molecule has 124 valence electrons. The van der Waals surface area contributed by atoms with Crippen LogP contribution in [0.25, 0.3) is 10.9 Å². The number of nitrogens with one attached hydrogen (secondary N) is 2. The van der Waals surface area contributed by atoms with Gasteiger partial charge in [-0.3, -0.25) is 4.79 Å². The van der Waals surface area contributed by atoms with Gasteiger partial charge in [-0.05, 0) is 29.8 Å². The Morgan fingerprint density at radius 2 is 1.92 bits per heavy atom. The topological polar surface area (TPSA) is 96.6 Å². The summed E-state index contributed by atoms with van der Waals surface area (Å²) in [7, 11) is 0. The molecule has 7 nitrogen and oxygen atoms in total. The van der Waals surface area contributed by atoms with Crippen LogP contribution in [-0.4, -0.2) is 25.6 Å². The first-order valence-electron chi connectivity index (χ1n) is 7.85. The molecule has 7 heteroatoms. The molecule has 0 aliphatic rings. The second kappa shape index (κ2) is 6.56. The highest BCUT2D eigenvalue weighted by Crippen LogP contribution is 2.25. The standard InChI is InChI=1S/C18H15N5O2/c24-17-9-6-13-11-14(7-8-15(13)19-17)25-16(18-20-22-23-21-18)10-12-4-2-1-3-5-12/h1-9,11,16H,10H2,(H,19,24)(H,20,21,22,23). The monoisotopic (exact) mass is 333 g/mol. The van der Waals surface area contributed by atoms with Crippen molar-refractivity contribution < 1.29 is 4.74 Å². The number of benzene rings is 2. The molecular weight excluding hydrogens is 318 g/mol. The van der Waals surface area contributed by atoms with Gasteiger partial charge in [0.1, 0.15) is 5.75 Å². The van der Waals surface area contributed by atoms with E-state index < -0.39 is 0 Å². The highest BCUT2D eigenvalue weighted by atomic mass is 16.5. The van der Waals surface area contributed by atoms with Crippen molar-refractivity contribution in [1.82, 2.24) is 25.6 Å². The van der Waals surface area contributed by atoms with Crippen molar-refractivity contribution in [3.8, 4) is 5.75 Å². The van der Waals surface area contributed by atoms with E-state index in [9.17, 15) is 4.79 Å². The fraction of sp³-hybridized carbons (Fsp3) is 0.111. The van der Waals surface area contributed by atoms with Crippen LogP contribution in [0.1, 0.15) is 17.5 Å². The molecule has 0 spiro atoms. The minimum absolute atomic E-state index is 0.130. The van der Waals surface area contributed by atoms with Gasteiger partial charge in [-0.1, -0.05) is 35.5 Å².